The van der Waals surface area contributed by atoms with Crippen LogP contribution in [0.1, 0.15) is 6.42 Å². The summed E-state index contributed by atoms with van der Waals surface area (Å²) < 4.78 is -1.37. The van der Waals surface area contributed by atoms with Crippen LogP contribution in [-0.4, -0.2) is 14.1 Å². The van der Waals surface area contributed by atoms with Crippen LogP contribution >= 0.6 is 69.6 Å². The summed E-state index contributed by atoms with van der Waals surface area (Å²) in [4.78, 5) is -2.13. The van der Waals surface area contributed by atoms with Gasteiger partial charge in [-0.3, -0.25) is 0 Å². The molecule has 0 spiro atoms. The van der Waals surface area contributed by atoms with Crippen molar-refractivity contribution in [2.24, 2.45) is 23.7 Å². The molecule has 2 fully saturated rings. The highest BCUT2D eigenvalue weighted by molar-refractivity contribution is 6.65. The van der Waals surface area contributed by atoms with Crippen molar-refractivity contribution in [2.45, 2.75) is 20.5 Å². The third-order valence-electron chi connectivity index (χ3n) is 5.12. The van der Waals surface area contributed by atoms with E-state index >= 15 is 0 Å². The molecule has 6 heteroatoms. The van der Waals surface area contributed by atoms with E-state index in [0.717, 1.165) is 6.42 Å². The van der Waals surface area contributed by atoms with Crippen LogP contribution in [0.5, 0.6) is 0 Å². The molecule has 0 aromatic carbocycles. The molecule has 0 aliphatic heterocycles. The summed E-state index contributed by atoms with van der Waals surface area (Å²) in [5.74, 6) is 0.815. The van der Waals surface area contributed by atoms with Gasteiger partial charge >= 0.3 is 0 Å². The van der Waals surface area contributed by atoms with E-state index in [0.29, 0.717) is 21.9 Å². The number of hydrogen-bond acceptors (Lipinski definition) is 0. The Hall–Kier alpha value is 1.22. The first-order valence-electron chi connectivity index (χ1n) is 5.78. The molecule has 0 unspecified atom stereocenters. The number of fused-ring (bicyclic) bond motifs is 9. The van der Waals surface area contributed by atoms with Crippen molar-refractivity contribution in [1.82, 2.24) is 0 Å². The Morgan fingerprint density at radius 2 is 1.22 bits per heavy atom. The maximum absolute atomic E-state index is 6.76. The molecule has 18 heavy (non-hydrogen) atoms. The summed E-state index contributed by atoms with van der Waals surface area (Å²) in [6.07, 6.45) is 5.40. The second-order valence-corrected chi connectivity index (χ2v) is 8.90. The third kappa shape index (κ3) is 0.973. The van der Waals surface area contributed by atoms with Crippen LogP contribution in [0.4, 0.5) is 0 Å². The molecule has 4 aliphatic rings. The summed E-state index contributed by atoms with van der Waals surface area (Å²) in [6.45, 7) is 0. The van der Waals surface area contributed by atoms with Gasteiger partial charge in [-0.2, -0.15) is 0 Å². The summed E-state index contributed by atoms with van der Waals surface area (Å²) in [6, 6.07) is 0. The van der Waals surface area contributed by atoms with Crippen molar-refractivity contribution >= 4 is 69.6 Å². The lowest BCUT2D eigenvalue weighted by Gasteiger charge is -2.37. The summed E-state index contributed by atoms with van der Waals surface area (Å²) in [7, 11) is 0. The van der Waals surface area contributed by atoms with Crippen LogP contribution < -0.4 is 0 Å². The van der Waals surface area contributed by atoms with Gasteiger partial charge in [-0.25, -0.2) is 0 Å². The SMILES string of the molecule is ClC1=C(Cl)[C@]2(Cl)[C@H]3[C@H]([C@@H]4C=C[C@@H]3C4)[C@]1(Cl)C2(Cl)Cl. The fourth-order valence-electron chi connectivity index (χ4n) is 4.48. The number of alkyl halides is 4. The van der Waals surface area contributed by atoms with Crippen LogP contribution in [0, 0.1) is 23.7 Å². The zero-order valence-corrected chi connectivity index (χ0v) is 13.5. The average molecular weight is 365 g/mol. The van der Waals surface area contributed by atoms with Gasteiger partial charge in [0.2, 0.25) is 0 Å². The van der Waals surface area contributed by atoms with Gasteiger partial charge in [-0.15, -0.1) is 23.2 Å². The van der Waals surface area contributed by atoms with Gasteiger partial charge in [-0.05, 0) is 30.1 Å². The van der Waals surface area contributed by atoms with E-state index in [1.165, 1.54) is 0 Å². The molecule has 0 saturated heterocycles. The molecule has 2 saturated carbocycles. The Kier molecular flexibility index (Phi) is 2.40. The van der Waals surface area contributed by atoms with Crippen molar-refractivity contribution < 1.29 is 0 Å². The first-order chi connectivity index (χ1) is 8.28. The monoisotopic (exact) mass is 362 g/mol. The predicted molar refractivity (Wildman–Crippen MR) is 78.1 cm³/mol. The fraction of sp³-hybridized carbons (Fsp3) is 0.667. The minimum Gasteiger partial charge on any atom is -0.109 e. The fourth-order valence-corrected chi connectivity index (χ4v) is 7.61. The lowest BCUT2D eigenvalue weighted by Crippen LogP contribution is -2.46. The lowest BCUT2D eigenvalue weighted by atomic mass is 9.75. The molecule has 4 rings (SSSR count). The van der Waals surface area contributed by atoms with E-state index in [2.05, 4.69) is 12.2 Å². The average Bonchev–Trinajstić information content (AvgIpc) is 2.97. The molecule has 98 valence electrons. The predicted octanol–water partition coefficient (Wildman–Crippen LogP) is 5.27. The normalized spacial score (nSPS) is 58.8. The molecule has 0 nitrogen and oxygen atoms in total. The third-order valence-corrected chi connectivity index (χ3v) is 9.42. The molecular formula is C12H8Cl6. The summed E-state index contributed by atoms with van der Waals surface area (Å²) >= 11 is 39.2. The first-order valence-corrected chi connectivity index (χ1v) is 8.05. The minimum atomic E-state index is -1.37. The van der Waals surface area contributed by atoms with E-state index < -0.39 is 14.1 Å². The Morgan fingerprint density at radius 1 is 0.833 bits per heavy atom. The summed E-state index contributed by atoms with van der Waals surface area (Å²) in [5, 5.41) is 0.654. The van der Waals surface area contributed by atoms with Gasteiger partial charge in [0.1, 0.15) is 9.75 Å². The van der Waals surface area contributed by atoms with E-state index in [1.807, 2.05) is 0 Å². The van der Waals surface area contributed by atoms with Gasteiger partial charge in [0.25, 0.3) is 0 Å². The van der Waals surface area contributed by atoms with Gasteiger partial charge < -0.3 is 0 Å². The maximum atomic E-state index is 6.76. The highest BCUT2D eigenvalue weighted by Gasteiger charge is 2.85. The Bertz CT molecular complexity index is 481. The Balaban J connectivity index is 2.03. The number of hydrogen-bond donors (Lipinski definition) is 0. The van der Waals surface area contributed by atoms with Crippen molar-refractivity contribution in [2.75, 3.05) is 0 Å². The molecule has 4 aliphatic carbocycles. The molecule has 0 heterocycles. The highest BCUT2D eigenvalue weighted by Crippen LogP contribution is 2.81. The standard InChI is InChI=1S/C12H8Cl6/c13-8-9(14)11(16)7-5-2-1-4(3-5)6(7)10(8,15)12(11,17)18/h1-2,4-7H,3H2/t4-,5-,6-,7+,10-,11-/m1/s1. The summed E-state index contributed by atoms with van der Waals surface area (Å²) in [5.41, 5.74) is 0. The van der Waals surface area contributed by atoms with Crippen molar-refractivity contribution in [3.63, 3.8) is 0 Å². The molecule has 0 N–H and O–H groups in total. The van der Waals surface area contributed by atoms with Crippen molar-refractivity contribution in [3.05, 3.63) is 22.2 Å². The second-order valence-electron chi connectivity index (χ2n) is 5.63. The quantitative estimate of drug-likeness (QED) is 0.312. The van der Waals surface area contributed by atoms with Gasteiger partial charge in [0, 0.05) is 0 Å². The van der Waals surface area contributed by atoms with E-state index in [-0.39, 0.29) is 11.8 Å². The Labute approximate surface area is 135 Å². The molecule has 0 radical (unpaired) electrons. The maximum Gasteiger partial charge on any atom is 0.166 e. The molecular weight excluding hydrogens is 357 g/mol. The van der Waals surface area contributed by atoms with Crippen LogP contribution in [0.3, 0.4) is 0 Å². The molecule has 0 aromatic heterocycles. The highest BCUT2D eigenvalue weighted by atomic mass is 35.5. The lowest BCUT2D eigenvalue weighted by molar-refractivity contribution is 0.305. The van der Waals surface area contributed by atoms with E-state index in [9.17, 15) is 0 Å². The molecule has 4 bridgehead atoms. The van der Waals surface area contributed by atoms with Crippen LogP contribution in [0.2, 0.25) is 0 Å². The zero-order valence-electron chi connectivity index (χ0n) is 8.94. The van der Waals surface area contributed by atoms with Crippen LogP contribution in [-0.2, 0) is 0 Å². The largest absolute Gasteiger partial charge is 0.166 e. The van der Waals surface area contributed by atoms with Crippen LogP contribution in [0.15, 0.2) is 22.2 Å². The first kappa shape index (κ1) is 12.9. The van der Waals surface area contributed by atoms with Gasteiger partial charge in [-0.1, -0.05) is 58.6 Å². The van der Waals surface area contributed by atoms with Crippen LogP contribution in [0.25, 0.3) is 0 Å². The number of allylic oxidation sites excluding steroid dienone is 4. The van der Waals surface area contributed by atoms with Gasteiger partial charge in [0.05, 0.1) is 10.1 Å². The van der Waals surface area contributed by atoms with Crippen molar-refractivity contribution in [3.8, 4) is 0 Å². The molecule has 6 atom stereocenters. The smallest absolute Gasteiger partial charge is 0.109 e. The Morgan fingerprint density at radius 3 is 1.61 bits per heavy atom. The second kappa shape index (κ2) is 3.34. The van der Waals surface area contributed by atoms with E-state index in [4.69, 9.17) is 69.6 Å². The van der Waals surface area contributed by atoms with E-state index in [1.54, 1.807) is 0 Å². The topological polar surface area (TPSA) is 0 Å². The molecule has 0 aromatic rings. The number of halogens is 6. The molecule has 0 amide bonds. The number of rotatable bonds is 0. The zero-order chi connectivity index (χ0) is 13.1. The van der Waals surface area contributed by atoms with Crippen molar-refractivity contribution in [1.29, 1.82) is 0 Å². The van der Waals surface area contributed by atoms with Gasteiger partial charge in [0.15, 0.2) is 4.33 Å². The minimum absolute atomic E-state index is 0.0664.